The zero-order valence-corrected chi connectivity index (χ0v) is 9.51. The molecule has 0 saturated heterocycles. The molecular weight excluding hydrogens is 218 g/mol. The van der Waals surface area contributed by atoms with Crippen LogP contribution < -0.4 is 5.73 Å². The average molecular weight is 229 g/mol. The first-order valence-corrected chi connectivity index (χ1v) is 5.17. The van der Waals surface area contributed by atoms with Crippen molar-refractivity contribution in [2.75, 3.05) is 5.73 Å². The standard InChI is InChI=1S/C11H11N5O/c1-6-10(8-4-17-7(2)14-8)11(12)9-3-13-5-16(9)15-6/h3-5H,12H2,1-2H3. The van der Waals surface area contributed by atoms with Crippen LogP contribution >= 0.6 is 0 Å². The van der Waals surface area contributed by atoms with Gasteiger partial charge in [0.25, 0.3) is 0 Å². The van der Waals surface area contributed by atoms with E-state index in [1.807, 2.05) is 6.92 Å². The molecular formula is C11H11N5O. The lowest BCUT2D eigenvalue weighted by Crippen LogP contribution is -2.02. The van der Waals surface area contributed by atoms with Gasteiger partial charge >= 0.3 is 0 Å². The van der Waals surface area contributed by atoms with E-state index in [2.05, 4.69) is 15.1 Å². The van der Waals surface area contributed by atoms with Crippen LogP contribution in [0.1, 0.15) is 11.6 Å². The first-order chi connectivity index (χ1) is 8.16. The van der Waals surface area contributed by atoms with Gasteiger partial charge in [0.05, 0.1) is 23.1 Å². The molecule has 17 heavy (non-hydrogen) atoms. The zero-order chi connectivity index (χ0) is 12.0. The molecule has 0 radical (unpaired) electrons. The molecule has 0 fully saturated rings. The molecule has 0 aromatic carbocycles. The Morgan fingerprint density at radius 2 is 2.18 bits per heavy atom. The maximum absolute atomic E-state index is 6.12. The third kappa shape index (κ3) is 1.37. The average Bonchev–Trinajstić information content (AvgIpc) is 2.87. The Hall–Kier alpha value is -2.37. The largest absolute Gasteiger partial charge is 0.449 e. The number of hydrogen-bond donors (Lipinski definition) is 1. The summed E-state index contributed by atoms with van der Waals surface area (Å²) in [7, 11) is 0. The third-order valence-electron chi connectivity index (χ3n) is 2.66. The van der Waals surface area contributed by atoms with Gasteiger partial charge in [0.15, 0.2) is 5.89 Å². The minimum atomic E-state index is 0.604. The van der Waals surface area contributed by atoms with Crippen molar-refractivity contribution >= 4 is 11.2 Å². The highest BCUT2D eigenvalue weighted by Crippen LogP contribution is 2.30. The van der Waals surface area contributed by atoms with Crippen LogP contribution in [-0.2, 0) is 0 Å². The van der Waals surface area contributed by atoms with E-state index in [1.165, 1.54) is 0 Å². The fourth-order valence-electron chi connectivity index (χ4n) is 1.90. The smallest absolute Gasteiger partial charge is 0.191 e. The number of aromatic nitrogens is 4. The number of imidazole rings is 1. The van der Waals surface area contributed by atoms with Crippen LogP contribution in [0.2, 0.25) is 0 Å². The number of nitrogens with zero attached hydrogens (tertiary/aromatic N) is 4. The Kier molecular flexibility index (Phi) is 1.91. The summed E-state index contributed by atoms with van der Waals surface area (Å²) in [5.74, 6) is 0.604. The van der Waals surface area contributed by atoms with Crippen molar-refractivity contribution in [1.82, 2.24) is 19.6 Å². The summed E-state index contributed by atoms with van der Waals surface area (Å²) < 4.78 is 6.86. The van der Waals surface area contributed by atoms with E-state index >= 15 is 0 Å². The van der Waals surface area contributed by atoms with Crippen molar-refractivity contribution in [3.8, 4) is 11.3 Å². The molecule has 3 heterocycles. The predicted octanol–water partition coefficient (Wildman–Crippen LogP) is 1.58. The Morgan fingerprint density at radius 1 is 1.35 bits per heavy atom. The summed E-state index contributed by atoms with van der Waals surface area (Å²) in [6.07, 6.45) is 4.89. The van der Waals surface area contributed by atoms with Gasteiger partial charge in [-0.1, -0.05) is 0 Å². The molecule has 3 rings (SSSR count). The number of rotatable bonds is 1. The number of fused-ring (bicyclic) bond motifs is 1. The van der Waals surface area contributed by atoms with Crippen molar-refractivity contribution in [3.63, 3.8) is 0 Å². The molecule has 6 nitrogen and oxygen atoms in total. The highest BCUT2D eigenvalue weighted by Gasteiger charge is 2.15. The van der Waals surface area contributed by atoms with Crippen LogP contribution in [0.4, 0.5) is 5.69 Å². The summed E-state index contributed by atoms with van der Waals surface area (Å²) in [5.41, 5.74) is 9.80. The lowest BCUT2D eigenvalue weighted by atomic mass is 10.1. The van der Waals surface area contributed by atoms with Gasteiger partial charge in [-0.15, -0.1) is 0 Å². The fourth-order valence-corrected chi connectivity index (χ4v) is 1.90. The van der Waals surface area contributed by atoms with Gasteiger partial charge in [-0.25, -0.2) is 14.5 Å². The predicted molar refractivity (Wildman–Crippen MR) is 62.4 cm³/mol. The van der Waals surface area contributed by atoms with E-state index in [9.17, 15) is 0 Å². The third-order valence-corrected chi connectivity index (χ3v) is 2.66. The minimum Gasteiger partial charge on any atom is -0.449 e. The van der Waals surface area contributed by atoms with E-state index in [0.717, 1.165) is 16.8 Å². The van der Waals surface area contributed by atoms with Gasteiger partial charge in [0.2, 0.25) is 0 Å². The SMILES string of the molecule is Cc1nc(-c2c(C)nn3cncc3c2N)co1. The van der Waals surface area contributed by atoms with Crippen LogP contribution in [0.3, 0.4) is 0 Å². The van der Waals surface area contributed by atoms with Gasteiger partial charge < -0.3 is 10.2 Å². The number of hydrogen-bond acceptors (Lipinski definition) is 5. The minimum absolute atomic E-state index is 0.604. The molecule has 0 bridgehead atoms. The molecule has 0 unspecified atom stereocenters. The Morgan fingerprint density at radius 3 is 2.88 bits per heavy atom. The summed E-state index contributed by atoms with van der Waals surface area (Å²) in [6.45, 7) is 3.68. The number of nitrogens with two attached hydrogens (primary N) is 1. The monoisotopic (exact) mass is 229 g/mol. The quantitative estimate of drug-likeness (QED) is 0.685. The highest BCUT2D eigenvalue weighted by molar-refractivity contribution is 5.86. The van der Waals surface area contributed by atoms with E-state index in [1.54, 1.807) is 30.2 Å². The molecule has 3 aromatic rings. The van der Waals surface area contributed by atoms with Crippen LogP contribution in [0.25, 0.3) is 16.8 Å². The first-order valence-electron chi connectivity index (χ1n) is 5.17. The lowest BCUT2D eigenvalue weighted by Gasteiger charge is -2.07. The molecule has 0 saturated carbocycles. The zero-order valence-electron chi connectivity index (χ0n) is 9.51. The maximum Gasteiger partial charge on any atom is 0.191 e. The lowest BCUT2D eigenvalue weighted by molar-refractivity contribution is 0.521. The molecule has 86 valence electrons. The molecule has 6 heteroatoms. The molecule has 0 atom stereocenters. The second kappa shape index (κ2) is 3.31. The van der Waals surface area contributed by atoms with Crippen LogP contribution in [-0.4, -0.2) is 19.6 Å². The van der Waals surface area contributed by atoms with Gasteiger partial charge in [0, 0.05) is 6.92 Å². The van der Waals surface area contributed by atoms with E-state index in [-0.39, 0.29) is 0 Å². The van der Waals surface area contributed by atoms with Gasteiger partial charge in [-0.05, 0) is 6.92 Å². The van der Waals surface area contributed by atoms with Gasteiger partial charge in [-0.3, -0.25) is 0 Å². The van der Waals surface area contributed by atoms with Crippen molar-refractivity contribution in [2.24, 2.45) is 0 Å². The fraction of sp³-hybridized carbons (Fsp3) is 0.182. The normalized spacial score (nSPS) is 11.2. The molecule has 0 aliphatic heterocycles. The van der Waals surface area contributed by atoms with Crippen molar-refractivity contribution in [3.05, 3.63) is 30.4 Å². The van der Waals surface area contributed by atoms with E-state index in [4.69, 9.17) is 10.2 Å². The van der Waals surface area contributed by atoms with Crippen LogP contribution in [0.5, 0.6) is 0 Å². The molecule has 2 N–H and O–H groups in total. The molecule has 0 amide bonds. The molecule has 0 spiro atoms. The topological polar surface area (TPSA) is 82.2 Å². The summed E-state index contributed by atoms with van der Waals surface area (Å²) in [6, 6.07) is 0. The van der Waals surface area contributed by atoms with Crippen molar-refractivity contribution in [1.29, 1.82) is 0 Å². The summed E-state index contributed by atoms with van der Waals surface area (Å²) in [4.78, 5) is 8.30. The highest BCUT2D eigenvalue weighted by atomic mass is 16.3. The number of anilines is 1. The number of oxazole rings is 1. The number of nitrogen functional groups attached to an aromatic ring is 1. The Balaban J connectivity index is 2.35. The van der Waals surface area contributed by atoms with Gasteiger partial charge in [0.1, 0.15) is 23.8 Å². The molecule has 0 aliphatic rings. The first kappa shape index (κ1) is 9.83. The van der Waals surface area contributed by atoms with E-state index in [0.29, 0.717) is 17.3 Å². The maximum atomic E-state index is 6.12. The summed E-state index contributed by atoms with van der Waals surface area (Å²) in [5, 5.41) is 4.37. The Bertz CT molecular complexity index is 697. The summed E-state index contributed by atoms with van der Waals surface area (Å²) >= 11 is 0. The van der Waals surface area contributed by atoms with Gasteiger partial charge in [-0.2, -0.15) is 5.10 Å². The molecule has 3 aromatic heterocycles. The van der Waals surface area contributed by atoms with Crippen LogP contribution in [0.15, 0.2) is 23.2 Å². The van der Waals surface area contributed by atoms with Crippen molar-refractivity contribution in [2.45, 2.75) is 13.8 Å². The number of aryl methyl sites for hydroxylation is 2. The second-order valence-corrected chi connectivity index (χ2v) is 3.85. The second-order valence-electron chi connectivity index (χ2n) is 3.85. The van der Waals surface area contributed by atoms with Crippen molar-refractivity contribution < 1.29 is 4.42 Å². The van der Waals surface area contributed by atoms with Crippen LogP contribution in [0, 0.1) is 13.8 Å². The van der Waals surface area contributed by atoms with E-state index < -0.39 is 0 Å². The molecule has 0 aliphatic carbocycles. The Labute approximate surface area is 97.1 Å².